The van der Waals surface area contributed by atoms with Gasteiger partial charge in [0, 0.05) is 16.2 Å². The second-order valence-electron chi connectivity index (χ2n) is 6.65. The van der Waals surface area contributed by atoms with Crippen molar-refractivity contribution in [1.82, 2.24) is 4.98 Å². The van der Waals surface area contributed by atoms with Crippen LogP contribution in [0.3, 0.4) is 0 Å². The molecule has 2 N–H and O–H groups in total. The summed E-state index contributed by atoms with van der Waals surface area (Å²) in [5.74, 6) is -0.820. The highest BCUT2D eigenvalue weighted by Gasteiger charge is 2.34. The van der Waals surface area contributed by atoms with Crippen LogP contribution in [0.4, 0.5) is 24.0 Å². The minimum atomic E-state index is -4.48. The van der Waals surface area contributed by atoms with Crippen LogP contribution < -0.4 is 10.6 Å². The summed E-state index contributed by atoms with van der Waals surface area (Å²) >= 11 is 2.56. The molecule has 2 aromatic rings. The molecule has 0 bridgehead atoms. The van der Waals surface area contributed by atoms with E-state index < -0.39 is 22.9 Å². The third kappa shape index (κ3) is 4.02. The molecule has 0 unspecified atom stereocenters. The maximum Gasteiger partial charge on any atom is 0.416 e. The molecule has 2 aliphatic rings. The quantitative estimate of drug-likeness (QED) is 0.758. The van der Waals surface area contributed by atoms with Crippen LogP contribution in [-0.2, 0) is 28.6 Å². The molecule has 148 valence electrons. The van der Waals surface area contributed by atoms with Crippen molar-refractivity contribution in [2.24, 2.45) is 0 Å². The van der Waals surface area contributed by atoms with Gasteiger partial charge < -0.3 is 10.6 Å². The summed E-state index contributed by atoms with van der Waals surface area (Å²) < 4.78 is 38.5. The van der Waals surface area contributed by atoms with Gasteiger partial charge in [-0.25, -0.2) is 4.98 Å². The molecule has 1 aromatic heterocycles. The predicted molar refractivity (Wildman–Crippen MR) is 102 cm³/mol. The van der Waals surface area contributed by atoms with E-state index in [-0.39, 0.29) is 18.0 Å². The number of alkyl halides is 3. The van der Waals surface area contributed by atoms with Crippen LogP contribution in [0.2, 0.25) is 0 Å². The number of benzene rings is 1. The van der Waals surface area contributed by atoms with E-state index >= 15 is 0 Å². The summed E-state index contributed by atoms with van der Waals surface area (Å²) in [5, 5.41) is 5.05. The number of aromatic nitrogens is 1. The molecular weight excluding hydrogens is 411 g/mol. The predicted octanol–water partition coefficient (Wildman–Crippen LogP) is 4.48. The summed E-state index contributed by atoms with van der Waals surface area (Å²) in [6.07, 6.45) is -0.454. The average molecular weight is 427 g/mol. The molecule has 28 heavy (non-hydrogen) atoms. The fourth-order valence-electron chi connectivity index (χ4n) is 3.21. The molecule has 1 aliphatic carbocycles. The van der Waals surface area contributed by atoms with Gasteiger partial charge >= 0.3 is 6.18 Å². The minimum absolute atomic E-state index is 0.0821. The van der Waals surface area contributed by atoms with Gasteiger partial charge in [0.15, 0.2) is 5.13 Å². The molecule has 0 fully saturated rings. The van der Waals surface area contributed by atoms with Gasteiger partial charge in [-0.1, -0.05) is 0 Å². The first kappa shape index (κ1) is 19.3. The van der Waals surface area contributed by atoms with E-state index in [0.29, 0.717) is 10.0 Å². The number of amides is 2. The molecule has 10 heteroatoms. The smallest absolute Gasteiger partial charge is 0.324 e. The standard InChI is InChI=1S/C18H16F3N3O2S2/c19-18(20,21)9-5-6-13-11(7-9)22-16(26)14(27-13)8-15(25)24-17-23-10-3-1-2-4-12(10)28-17/h5-7,14H,1-4,8H2,(H,22,26)(H,23,24,25)/t14-/m1/s1. The molecule has 1 aliphatic heterocycles. The lowest BCUT2D eigenvalue weighted by Gasteiger charge is -2.24. The number of carbonyl (C=O) groups excluding carboxylic acids is 2. The first-order valence-electron chi connectivity index (χ1n) is 8.77. The van der Waals surface area contributed by atoms with Gasteiger partial charge in [0.05, 0.1) is 22.2 Å². The SMILES string of the molecule is O=C(C[C@H]1Sc2ccc(C(F)(F)F)cc2NC1=O)Nc1nc2c(s1)CCCC2. The van der Waals surface area contributed by atoms with E-state index in [9.17, 15) is 22.8 Å². The zero-order valence-electron chi connectivity index (χ0n) is 14.6. The summed E-state index contributed by atoms with van der Waals surface area (Å²) in [6.45, 7) is 0. The number of anilines is 2. The topological polar surface area (TPSA) is 71.1 Å². The van der Waals surface area contributed by atoms with Crippen molar-refractivity contribution in [2.45, 2.75) is 48.4 Å². The maximum absolute atomic E-state index is 12.8. The van der Waals surface area contributed by atoms with Crippen LogP contribution in [-0.4, -0.2) is 22.0 Å². The van der Waals surface area contributed by atoms with Gasteiger partial charge in [-0.3, -0.25) is 9.59 Å². The molecule has 4 rings (SSSR count). The third-order valence-electron chi connectivity index (χ3n) is 4.59. The number of hydrogen-bond acceptors (Lipinski definition) is 5. The van der Waals surface area contributed by atoms with Crippen molar-refractivity contribution >= 4 is 45.7 Å². The highest BCUT2D eigenvalue weighted by molar-refractivity contribution is 8.01. The van der Waals surface area contributed by atoms with Gasteiger partial charge in [-0.2, -0.15) is 13.2 Å². The van der Waals surface area contributed by atoms with Gasteiger partial charge in [0.2, 0.25) is 11.8 Å². The Morgan fingerprint density at radius 3 is 2.82 bits per heavy atom. The number of thioether (sulfide) groups is 1. The van der Waals surface area contributed by atoms with E-state index in [1.54, 1.807) is 0 Å². The molecule has 0 saturated carbocycles. The minimum Gasteiger partial charge on any atom is -0.324 e. The normalized spacial score (nSPS) is 18.8. The highest BCUT2D eigenvalue weighted by atomic mass is 32.2. The average Bonchev–Trinajstić information content (AvgIpc) is 3.03. The van der Waals surface area contributed by atoms with Crippen molar-refractivity contribution < 1.29 is 22.8 Å². The Morgan fingerprint density at radius 1 is 1.29 bits per heavy atom. The molecule has 0 saturated heterocycles. The molecule has 0 radical (unpaired) electrons. The van der Waals surface area contributed by atoms with Crippen molar-refractivity contribution in [3.05, 3.63) is 34.3 Å². The Balaban J connectivity index is 1.42. The third-order valence-corrected chi connectivity index (χ3v) is 6.94. The van der Waals surface area contributed by atoms with Gasteiger partial charge in [0.1, 0.15) is 0 Å². The van der Waals surface area contributed by atoms with Crippen molar-refractivity contribution in [3.8, 4) is 0 Å². The molecule has 2 amide bonds. The molecule has 2 heterocycles. The number of fused-ring (bicyclic) bond motifs is 2. The van der Waals surface area contributed by atoms with Crippen LogP contribution in [0.15, 0.2) is 23.1 Å². The summed E-state index contributed by atoms with van der Waals surface area (Å²) in [7, 11) is 0. The van der Waals surface area contributed by atoms with Crippen molar-refractivity contribution in [1.29, 1.82) is 0 Å². The highest BCUT2D eigenvalue weighted by Crippen LogP contribution is 2.40. The first-order chi connectivity index (χ1) is 13.3. The maximum atomic E-state index is 12.8. The number of carbonyl (C=O) groups is 2. The Hall–Kier alpha value is -2.07. The Bertz CT molecular complexity index is 919. The Labute approximate surface area is 167 Å². The zero-order valence-corrected chi connectivity index (χ0v) is 16.2. The van der Waals surface area contributed by atoms with Crippen molar-refractivity contribution in [2.75, 3.05) is 10.6 Å². The summed E-state index contributed by atoms with van der Waals surface area (Å²) in [6, 6.07) is 3.21. The molecule has 1 atom stereocenters. The molecule has 5 nitrogen and oxygen atoms in total. The number of hydrogen-bond donors (Lipinski definition) is 2. The van der Waals surface area contributed by atoms with E-state index in [0.717, 1.165) is 55.3 Å². The lowest BCUT2D eigenvalue weighted by atomic mass is 10.0. The number of rotatable bonds is 3. The van der Waals surface area contributed by atoms with Gasteiger partial charge in [-0.15, -0.1) is 23.1 Å². The summed E-state index contributed by atoms with van der Waals surface area (Å²) in [5.41, 5.74) is 0.330. The van der Waals surface area contributed by atoms with Gasteiger partial charge in [-0.05, 0) is 43.9 Å². The van der Waals surface area contributed by atoms with Crippen LogP contribution in [0.5, 0.6) is 0 Å². The summed E-state index contributed by atoms with van der Waals surface area (Å²) in [4.78, 5) is 30.8. The lowest BCUT2D eigenvalue weighted by molar-refractivity contribution is -0.137. The van der Waals surface area contributed by atoms with Crippen LogP contribution in [0.25, 0.3) is 0 Å². The second-order valence-corrected chi connectivity index (χ2v) is 8.98. The largest absolute Gasteiger partial charge is 0.416 e. The van der Waals surface area contributed by atoms with Crippen LogP contribution in [0.1, 0.15) is 35.4 Å². The van der Waals surface area contributed by atoms with E-state index in [1.165, 1.54) is 22.3 Å². The monoisotopic (exact) mass is 427 g/mol. The lowest BCUT2D eigenvalue weighted by Crippen LogP contribution is -2.32. The Morgan fingerprint density at radius 2 is 2.07 bits per heavy atom. The number of thiazole rings is 1. The second kappa shape index (κ2) is 7.40. The fourth-order valence-corrected chi connectivity index (χ4v) is 5.36. The van der Waals surface area contributed by atoms with Crippen LogP contribution >= 0.6 is 23.1 Å². The van der Waals surface area contributed by atoms with E-state index in [2.05, 4.69) is 15.6 Å². The molecular formula is C18H16F3N3O2S2. The Kier molecular flexibility index (Phi) is 5.09. The number of aryl methyl sites for hydroxylation is 2. The van der Waals surface area contributed by atoms with E-state index in [4.69, 9.17) is 0 Å². The van der Waals surface area contributed by atoms with Gasteiger partial charge in [0.25, 0.3) is 0 Å². The number of halogens is 3. The van der Waals surface area contributed by atoms with Crippen molar-refractivity contribution in [3.63, 3.8) is 0 Å². The van der Waals surface area contributed by atoms with Crippen LogP contribution in [0, 0.1) is 0 Å². The number of nitrogens with one attached hydrogen (secondary N) is 2. The fraction of sp³-hybridized carbons (Fsp3) is 0.389. The molecule has 1 aromatic carbocycles. The zero-order chi connectivity index (χ0) is 19.9. The first-order valence-corrected chi connectivity index (χ1v) is 10.5. The number of nitrogens with zero attached hydrogens (tertiary/aromatic N) is 1. The van der Waals surface area contributed by atoms with E-state index in [1.807, 2.05) is 0 Å². The molecule has 0 spiro atoms.